The minimum atomic E-state index is -0.235. The van der Waals surface area contributed by atoms with Gasteiger partial charge in [-0.2, -0.15) is 4.98 Å². The second-order valence-electron chi connectivity index (χ2n) is 2.94. The monoisotopic (exact) mass is 251 g/mol. The van der Waals surface area contributed by atoms with Gasteiger partial charge >= 0.3 is 0 Å². The predicted molar refractivity (Wildman–Crippen MR) is 63.2 cm³/mol. The molecule has 0 radical (unpaired) electrons. The second kappa shape index (κ2) is 4.80. The number of hydrazine groups is 1. The van der Waals surface area contributed by atoms with Gasteiger partial charge in [-0.25, -0.2) is 15.8 Å². The van der Waals surface area contributed by atoms with E-state index in [0.717, 1.165) is 11.8 Å². The Bertz CT molecular complexity index is 584. The highest BCUT2D eigenvalue weighted by atomic mass is 32.2. The van der Waals surface area contributed by atoms with Gasteiger partial charge < -0.3 is 16.1 Å². The Balaban J connectivity index is 2.29. The third-order valence-corrected chi connectivity index (χ3v) is 2.54. The van der Waals surface area contributed by atoms with Crippen LogP contribution in [-0.4, -0.2) is 19.9 Å². The third-order valence-electron chi connectivity index (χ3n) is 1.72. The number of H-pyrrole nitrogens is 1. The maximum absolute atomic E-state index is 11.1. The number of anilines is 2. The number of hydrogen-bond acceptors (Lipinski definition) is 8. The van der Waals surface area contributed by atoms with Gasteiger partial charge in [0.25, 0.3) is 5.56 Å². The smallest absolute Gasteiger partial charge is 0.251 e. The number of nitrogens with one attached hydrogen (secondary N) is 2. The van der Waals surface area contributed by atoms with Gasteiger partial charge in [-0.15, -0.1) is 0 Å². The van der Waals surface area contributed by atoms with Crippen LogP contribution >= 0.6 is 11.8 Å². The fourth-order valence-electron chi connectivity index (χ4n) is 1.07. The molecule has 2 heterocycles. The Labute approximate surface area is 99.9 Å². The Kier molecular flexibility index (Phi) is 3.21. The number of rotatable bonds is 3. The van der Waals surface area contributed by atoms with E-state index in [1.807, 2.05) is 0 Å². The van der Waals surface area contributed by atoms with Gasteiger partial charge in [0, 0.05) is 18.3 Å². The highest BCUT2D eigenvalue weighted by Gasteiger charge is 2.05. The van der Waals surface area contributed by atoms with Gasteiger partial charge in [0.05, 0.1) is 0 Å². The summed E-state index contributed by atoms with van der Waals surface area (Å²) in [6, 6.07) is 2.92. The summed E-state index contributed by atoms with van der Waals surface area (Å²) in [5.74, 6) is 5.70. The van der Waals surface area contributed by atoms with Gasteiger partial charge in [0.1, 0.15) is 10.8 Å². The van der Waals surface area contributed by atoms with Crippen molar-refractivity contribution in [3.8, 4) is 0 Å². The van der Waals surface area contributed by atoms with E-state index in [2.05, 4.69) is 25.4 Å². The standard InChI is InChI=1S/C8H9N7OS/c9-7-12-4(15-10)3-6(14-7)17-8-11-2-1-5(16)13-8/h1-3H,10H2,(H,11,13,16)(H3,9,12,14,15). The minimum Gasteiger partial charge on any atom is -0.368 e. The number of nitrogen functional groups attached to an aromatic ring is 2. The van der Waals surface area contributed by atoms with Crippen molar-refractivity contribution in [3.05, 3.63) is 28.7 Å². The molecule has 0 fully saturated rings. The third kappa shape index (κ3) is 2.92. The van der Waals surface area contributed by atoms with Gasteiger partial charge in [0.15, 0.2) is 5.16 Å². The van der Waals surface area contributed by atoms with Gasteiger partial charge in [0.2, 0.25) is 5.95 Å². The molecule has 6 N–H and O–H groups in total. The Morgan fingerprint density at radius 2 is 2.24 bits per heavy atom. The molecule has 8 nitrogen and oxygen atoms in total. The molecule has 0 spiro atoms. The molecule has 0 bridgehead atoms. The molecule has 0 saturated heterocycles. The zero-order valence-corrected chi connectivity index (χ0v) is 9.36. The topological polar surface area (TPSA) is 136 Å². The van der Waals surface area contributed by atoms with Crippen LogP contribution < -0.4 is 22.6 Å². The molecule has 88 valence electrons. The highest BCUT2D eigenvalue weighted by Crippen LogP contribution is 2.23. The molecule has 2 aromatic rings. The van der Waals surface area contributed by atoms with E-state index in [-0.39, 0.29) is 11.5 Å². The van der Waals surface area contributed by atoms with Crippen LogP contribution in [0.2, 0.25) is 0 Å². The number of aromatic amines is 1. The number of aromatic nitrogens is 4. The SMILES string of the molecule is NNc1cc(Sc2nccc(=O)[nH]2)nc(N)n1. The lowest BCUT2D eigenvalue weighted by Gasteiger charge is -2.03. The van der Waals surface area contributed by atoms with Crippen LogP contribution in [0, 0.1) is 0 Å². The molecule has 0 amide bonds. The Morgan fingerprint density at radius 1 is 1.41 bits per heavy atom. The zero-order chi connectivity index (χ0) is 12.3. The molecule has 0 aliphatic heterocycles. The molecule has 0 aliphatic carbocycles. The molecule has 2 aromatic heterocycles. The summed E-state index contributed by atoms with van der Waals surface area (Å²) in [6.07, 6.45) is 1.41. The zero-order valence-electron chi connectivity index (χ0n) is 8.54. The maximum Gasteiger partial charge on any atom is 0.251 e. The summed E-state index contributed by atoms with van der Waals surface area (Å²) in [5.41, 5.74) is 7.63. The summed E-state index contributed by atoms with van der Waals surface area (Å²) in [7, 11) is 0. The number of hydrogen-bond donors (Lipinski definition) is 4. The molecule has 2 rings (SSSR count). The highest BCUT2D eigenvalue weighted by molar-refractivity contribution is 7.99. The van der Waals surface area contributed by atoms with E-state index in [1.165, 1.54) is 12.3 Å². The molecule has 0 saturated carbocycles. The fourth-order valence-corrected chi connectivity index (χ4v) is 1.84. The largest absolute Gasteiger partial charge is 0.368 e. The number of nitrogens with two attached hydrogens (primary N) is 2. The van der Waals surface area contributed by atoms with Crippen molar-refractivity contribution in [3.63, 3.8) is 0 Å². The first-order valence-electron chi connectivity index (χ1n) is 4.52. The van der Waals surface area contributed by atoms with E-state index < -0.39 is 0 Å². The first-order valence-corrected chi connectivity index (χ1v) is 5.33. The van der Waals surface area contributed by atoms with E-state index in [0.29, 0.717) is 16.0 Å². The van der Waals surface area contributed by atoms with Crippen LogP contribution in [0.1, 0.15) is 0 Å². The number of nitrogens with zero attached hydrogens (tertiary/aromatic N) is 3. The molecule has 0 atom stereocenters. The van der Waals surface area contributed by atoms with Crippen LogP contribution in [0.3, 0.4) is 0 Å². The molecule has 0 aromatic carbocycles. The fraction of sp³-hybridized carbons (Fsp3) is 0. The van der Waals surface area contributed by atoms with Gasteiger partial charge in [-0.1, -0.05) is 0 Å². The lowest BCUT2D eigenvalue weighted by molar-refractivity contribution is 0.930. The van der Waals surface area contributed by atoms with Crippen molar-refractivity contribution >= 4 is 23.5 Å². The van der Waals surface area contributed by atoms with E-state index >= 15 is 0 Å². The molecule has 0 unspecified atom stereocenters. The van der Waals surface area contributed by atoms with Gasteiger partial charge in [-0.3, -0.25) is 4.79 Å². The lowest BCUT2D eigenvalue weighted by Crippen LogP contribution is -2.10. The summed E-state index contributed by atoms with van der Waals surface area (Å²) < 4.78 is 0. The average molecular weight is 251 g/mol. The first-order chi connectivity index (χ1) is 8.17. The second-order valence-corrected chi connectivity index (χ2v) is 3.94. The van der Waals surface area contributed by atoms with E-state index in [9.17, 15) is 4.79 Å². The molecular formula is C8H9N7OS. The van der Waals surface area contributed by atoms with Crippen molar-refractivity contribution in [1.29, 1.82) is 0 Å². The van der Waals surface area contributed by atoms with Crippen LogP contribution in [0.15, 0.2) is 33.3 Å². The summed E-state index contributed by atoms with van der Waals surface area (Å²) >= 11 is 1.15. The van der Waals surface area contributed by atoms with Crippen LogP contribution in [0.25, 0.3) is 0 Å². The van der Waals surface area contributed by atoms with E-state index in [4.69, 9.17) is 11.6 Å². The Morgan fingerprint density at radius 3 is 2.94 bits per heavy atom. The molecule has 9 heteroatoms. The normalized spacial score (nSPS) is 10.2. The summed E-state index contributed by atoms with van der Waals surface area (Å²) in [6.45, 7) is 0. The van der Waals surface area contributed by atoms with Crippen molar-refractivity contribution in [2.24, 2.45) is 5.84 Å². The first kappa shape index (κ1) is 11.4. The summed E-state index contributed by atoms with van der Waals surface area (Å²) in [4.78, 5) is 25.4. The van der Waals surface area contributed by atoms with Gasteiger partial charge in [-0.05, 0) is 11.8 Å². The molecule has 0 aliphatic rings. The molecule has 17 heavy (non-hydrogen) atoms. The quantitative estimate of drug-likeness (QED) is 0.250. The van der Waals surface area contributed by atoms with Crippen molar-refractivity contribution in [2.45, 2.75) is 10.2 Å². The lowest BCUT2D eigenvalue weighted by atomic mass is 10.6. The maximum atomic E-state index is 11.1. The Hall–Kier alpha value is -2.13. The van der Waals surface area contributed by atoms with Crippen molar-refractivity contribution in [1.82, 2.24) is 19.9 Å². The van der Waals surface area contributed by atoms with Crippen molar-refractivity contribution < 1.29 is 0 Å². The van der Waals surface area contributed by atoms with Crippen LogP contribution in [-0.2, 0) is 0 Å². The minimum absolute atomic E-state index is 0.0845. The van der Waals surface area contributed by atoms with Crippen LogP contribution in [0.5, 0.6) is 0 Å². The van der Waals surface area contributed by atoms with Crippen molar-refractivity contribution in [2.75, 3.05) is 11.2 Å². The average Bonchev–Trinajstić information content (AvgIpc) is 2.28. The molecular weight excluding hydrogens is 242 g/mol. The van der Waals surface area contributed by atoms with E-state index in [1.54, 1.807) is 6.07 Å². The summed E-state index contributed by atoms with van der Waals surface area (Å²) in [5, 5.41) is 0.943. The van der Waals surface area contributed by atoms with Crippen LogP contribution in [0.4, 0.5) is 11.8 Å². The predicted octanol–water partition coefficient (Wildman–Crippen LogP) is -0.421.